The number of halogens is 6. The molecule has 7 nitrogen and oxygen atoms in total. The zero-order chi connectivity index (χ0) is 23.2. The third kappa shape index (κ3) is 3.84. The number of aromatic nitrogens is 4. The minimum atomic E-state index is -3.23. The van der Waals surface area contributed by atoms with E-state index in [0.717, 1.165) is 30.3 Å². The number of nitrogens with one attached hydrogen (secondary N) is 1. The number of ether oxygens (including phenoxy) is 1. The van der Waals surface area contributed by atoms with Crippen molar-refractivity contribution in [1.29, 1.82) is 0 Å². The summed E-state index contributed by atoms with van der Waals surface area (Å²) < 4.78 is 85.6. The molecule has 0 aliphatic heterocycles. The predicted molar refractivity (Wildman–Crippen MR) is 102 cm³/mol. The first kappa shape index (κ1) is 21.2. The van der Waals surface area contributed by atoms with Crippen molar-refractivity contribution in [2.75, 3.05) is 11.1 Å². The third-order valence-corrected chi connectivity index (χ3v) is 4.34. The lowest BCUT2D eigenvalue weighted by atomic mass is 10.3. The molecule has 4 rings (SSSR count). The Balaban J connectivity index is 1.77. The summed E-state index contributed by atoms with van der Waals surface area (Å²) in [5.74, 6) is -6.26. The maximum absolute atomic E-state index is 14.5. The second-order valence-electron chi connectivity index (χ2n) is 6.47. The van der Waals surface area contributed by atoms with Gasteiger partial charge in [0.05, 0.1) is 11.0 Å². The summed E-state index contributed by atoms with van der Waals surface area (Å²) in [5, 5.41) is 2.47. The van der Waals surface area contributed by atoms with Crippen molar-refractivity contribution in [3.8, 4) is 11.7 Å². The van der Waals surface area contributed by atoms with Crippen molar-refractivity contribution < 1.29 is 31.1 Å². The van der Waals surface area contributed by atoms with E-state index in [4.69, 9.17) is 5.73 Å². The largest absolute Gasteiger partial charge is 0.432 e. The van der Waals surface area contributed by atoms with Crippen LogP contribution in [0.3, 0.4) is 0 Å². The Labute approximate surface area is 175 Å². The van der Waals surface area contributed by atoms with Crippen LogP contribution in [0.1, 0.15) is 5.82 Å². The number of benzene rings is 2. The molecule has 0 bridgehead atoms. The van der Waals surface area contributed by atoms with Gasteiger partial charge in [0.25, 0.3) is 0 Å². The lowest BCUT2D eigenvalue weighted by Gasteiger charge is -2.13. The molecule has 0 radical (unpaired) electrons. The molecule has 2 aromatic carbocycles. The molecular weight excluding hydrogens is 442 g/mol. The Hall–Kier alpha value is -4.03. The van der Waals surface area contributed by atoms with Crippen LogP contribution in [0.15, 0.2) is 30.3 Å². The molecule has 0 aliphatic carbocycles. The number of alkyl halides is 2. The number of hydrogen-bond acceptors (Lipinski definition) is 6. The highest BCUT2D eigenvalue weighted by molar-refractivity contribution is 5.78. The Morgan fingerprint density at radius 2 is 1.69 bits per heavy atom. The summed E-state index contributed by atoms with van der Waals surface area (Å²) in [6.07, 6.45) is 0. The lowest BCUT2D eigenvalue weighted by Crippen LogP contribution is -2.11. The standard InChI is InChI=1S/C19H12F6N6O/c1-7-27-12-5-9(20)10(21)6-13(12)31(7)19-29-16(26)15(23)17(30-19)28-8-2-3-14(11(22)4-8)32-18(24)25/h2-6,18H,1H3,(H3,26,28,29,30). The number of nitrogens with two attached hydrogens (primary N) is 1. The molecule has 166 valence electrons. The quantitative estimate of drug-likeness (QED) is 0.428. The smallest absolute Gasteiger partial charge is 0.387 e. The molecule has 13 heteroatoms. The minimum Gasteiger partial charge on any atom is -0.432 e. The van der Waals surface area contributed by atoms with Gasteiger partial charge in [-0.15, -0.1) is 0 Å². The lowest BCUT2D eigenvalue weighted by molar-refractivity contribution is -0.0521. The molecule has 2 heterocycles. The highest BCUT2D eigenvalue weighted by atomic mass is 19.3. The number of anilines is 3. The monoisotopic (exact) mass is 454 g/mol. The average Bonchev–Trinajstić information content (AvgIpc) is 3.02. The van der Waals surface area contributed by atoms with Crippen LogP contribution in [-0.4, -0.2) is 26.1 Å². The van der Waals surface area contributed by atoms with Crippen LogP contribution < -0.4 is 15.8 Å². The van der Waals surface area contributed by atoms with Gasteiger partial charge >= 0.3 is 6.61 Å². The maximum atomic E-state index is 14.5. The SMILES string of the molecule is Cc1nc2cc(F)c(F)cc2n1-c1nc(N)c(F)c(Nc2ccc(OC(F)F)c(F)c2)n1. The molecule has 2 aromatic heterocycles. The van der Waals surface area contributed by atoms with Crippen LogP contribution in [0.25, 0.3) is 17.0 Å². The molecule has 4 aromatic rings. The van der Waals surface area contributed by atoms with Crippen LogP contribution in [0.4, 0.5) is 43.7 Å². The van der Waals surface area contributed by atoms with Gasteiger partial charge in [-0.3, -0.25) is 4.57 Å². The molecular formula is C19H12F6N6O. The van der Waals surface area contributed by atoms with Crippen LogP contribution in [0, 0.1) is 30.2 Å². The number of aryl methyl sites for hydroxylation is 1. The van der Waals surface area contributed by atoms with Gasteiger partial charge in [-0.2, -0.15) is 23.1 Å². The first-order chi connectivity index (χ1) is 15.1. The summed E-state index contributed by atoms with van der Waals surface area (Å²) in [4.78, 5) is 11.9. The fourth-order valence-corrected chi connectivity index (χ4v) is 2.99. The van der Waals surface area contributed by atoms with Crippen LogP contribution in [-0.2, 0) is 0 Å². The third-order valence-electron chi connectivity index (χ3n) is 4.34. The zero-order valence-electron chi connectivity index (χ0n) is 16.0. The highest BCUT2D eigenvalue weighted by Crippen LogP contribution is 2.28. The van der Waals surface area contributed by atoms with Gasteiger partial charge in [0.2, 0.25) is 11.8 Å². The second-order valence-corrected chi connectivity index (χ2v) is 6.47. The molecule has 0 atom stereocenters. The van der Waals surface area contributed by atoms with E-state index in [0.29, 0.717) is 0 Å². The number of fused-ring (bicyclic) bond motifs is 1. The van der Waals surface area contributed by atoms with Gasteiger partial charge in [-0.1, -0.05) is 0 Å². The average molecular weight is 454 g/mol. The molecule has 0 saturated carbocycles. The molecule has 0 spiro atoms. The Bertz CT molecular complexity index is 1340. The van der Waals surface area contributed by atoms with E-state index in [1.54, 1.807) is 0 Å². The maximum Gasteiger partial charge on any atom is 0.387 e. The first-order valence-electron chi connectivity index (χ1n) is 8.83. The summed E-state index contributed by atoms with van der Waals surface area (Å²) in [6.45, 7) is -1.72. The topological polar surface area (TPSA) is 90.9 Å². The summed E-state index contributed by atoms with van der Waals surface area (Å²) >= 11 is 0. The van der Waals surface area contributed by atoms with Gasteiger partial charge in [-0.05, 0) is 19.1 Å². The normalized spacial score (nSPS) is 11.4. The van der Waals surface area contributed by atoms with E-state index in [9.17, 15) is 26.3 Å². The van der Waals surface area contributed by atoms with E-state index in [1.165, 1.54) is 11.5 Å². The Kier molecular flexibility index (Phi) is 5.24. The van der Waals surface area contributed by atoms with Crippen molar-refractivity contribution in [3.05, 3.63) is 59.4 Å². The van der Waals surface area contributed by atoms with E-state index < -0.39 is 47.3 Å². The molecule has 32 heavy (non-hydrogen) atoms. The van der Waals surface area contributed by atoms with Gasteiger partial charge < -0.3 is 15.8 Å². The zero-order valence-corrected chi connectivity index (χ0v) is 16.0. The number of nitrogens with zero attached hydrogens (tertiary/aromatic N) is 4. The summed E-state index contributed by atoms with van der Waals surface area (Å²) in [5.41, 5.74) is 5.76. The summed E-state index contributed by atoms with van der Waals surface area (Å²) in [7, 11) is 0. The van der Waals surface area contributed by atoms with E-state index >= 15 is 0 Å². The Morgan fingerprint density at radius 3 is 2.38 bits per heavy atom. The minimum absolute atomic E-state index is 0.0626. The Morgan fingerprint density at radius 1 is 0.969 bits per heavy atom. The van der Waals surface area contributed by atoms with Crippen molar-refractivity contribution in [2.45, 2.75) is 13.5 Å². The van der Waals surface area contributed by atoms with E-state index in [2.05, 4.69) is 25.0 Å². The first-order valence-corrected chi connectivity index (χ1v) is 8.83. The molecule has 0 aliphatic rings. The predicted octanol–water partition coefficient (Wildman–Crippen LogP) is 4.61. The number of imidazole rings is 1. The van der Waals surface area contributed by atoms with Crippen LogP contribution in [0.2, 0.25) is 0 Å². The van der Waals surface area contributed by atoms with Gasteiger partial charge in [0.15, 0.2) is 34.8 Å². The van der Waals surface area contributed by atoms with Crippen molar-refractivity contribution in [1.82, 2.24) is 19.5 Å². The molecule has 0 unspecified atom stereocenters. The van der Waals surface area contributed by atoms with Gasteiger partial charge in [0, 0.05) is 23.9 Å². The second kappa shape index (κ2) is 7.90. The van der Waals surface area contributed by atoms with Crippen LogP contribution >= 0.6 is 0 Å². The van der Waals surface area contributed by atoms with Gasteiger partial charge in [0.1, 0.15) is 5.82 Å². The fraction of sp³-hybridized carbons (Fsp3) is 0.105. The van der Waals surface area contributed by atoms with Gasteiger partial charge in [-0.25, -0.2) is 18.2 Å². The number of nitrogen functional groups attached to an aromatic ring is 1. The molecule has 3 N–H and O–H groups in total. The van der Waals surface area contributed by atoms with Crippen molar-refractivity contribution >= 4 is 28.4 Å². The van der Waals surface area contributed by atoms with E-state index in [1.807, 2.05) is 0 Å². The molecule has 0 saturated heterocycles. The number of rotatable bonds is 5. The highest BCUT2D eigenvalue weighted by Gasteiger charge is 2.20. The fourth-order valence-electron chi connectivity index (χ4n) is 2.99. The summed E-state index contributed by atoms with van der Waals surface area (Å²) in [6, 6.07) is 4.60. The van der Waals surface area contributed by atoms with Crippen molar-refractivity contribution in [2.24, 2.45) is 0 Å². The van der Waals surface area contributed by atoms with Crippen LogP contribution in [0.5, 0.6) is 5.75 Å². The van der Waals surface area contributed by atoms with E-state index in [-0.39, 0.29) is 28.5 Å². The van der Waals surface area contributed by atoms with Crippen molar-refractivity contribution in [3.63, 3.8) is 0 Å². The molecule has 0 amide bonds. The molecule has 0 fully saturated rings. The number of hydrogen-bond donors (Lipinski definition) is 2.